The lowest BCUT2D eigenvalue weighted by molar-refractivity contribution is 0.627. The van der Waals surface area contributed by atoms with E-state index < -0.39 is 0 Å². The summed E-state index contributed by atoms with van der Waals surface area (Å²) in [6.07, 6.45) is 5.36. The number of aryl methyl sites for hydroxylation is 2. The fourth-order valence-electron chi connectivity index (χ4n) is 3.21. The molecular formula is C24H24Cl2F2N4S2. The number of hydrogen-bond acceptors (Lipinski definition) is 4. The van der Waals surface area contributed by atoms with Crippen molar-refractivity contribution < 1.29 is 8.78 Å². The minimum atomic E-state index is -0.242. The fraction of sp³-hybridized carbons (Fsp3) is 0.250. The molecule has 10 heteroatoms. The van der Waals surface area contributed by atoms with Crippen LogP contribution in [-0.4, -0.2) is 44.2 Å². The third kappa shape index (κ3) is 7.01. The van der Waals surface area contributed by atoms with Crippen LogP contribution in [0.5, 0.6) is 0 Å². The minimum Gasteiger partial charge on any atom is -0.336 e. The number of rotatable bonds is 8. The minimum absolute atomic E-state index is 0.242. The second-order valence-corrected chi connectivity index (χ2v) is 9.38. The highest BCUT2D eigenvalue weighted by Gasteiger charge is 2.12. The van der Waals surface area contributed by atoms with Crippen molar-refractivity contribution in [2.24, 2.45) is 0 Å². The van der Waals surface area contributed by atoms with Gasteiger partial charge in [-0.15, -0.1) is 23.2 Å². The van der Waals surface area contributed by atoms with Crippen LogP contribution in [0, 0.1) is 11.6 Å². The van der Waals surface area contributed by atoms with E-state index in [-0.39, 0.29) is 11.6 Å². The van der Waals surface area contributed by atoms with E-state index in [1.165, 1.54) is 24.3 Å². The number of halogens is 4. The molecule has 34 heavy (non-hydrogen) atoms. The SMILES string of the molecule is CSc1nc(-c2ccc(F)cc2)c(CCCl)[nH]1.CSc1nc(-c2ccc(F)cc2)c(CCCl)[nH]1. The van der Waals surface area contributed by atoms with Gasteiger partial charge in [0, 0.05) is 47.1 Å². The summed E-state index contributed by atoms with van der Waals surface area (Å²) in [5, 5.41) is 1.70. The highest BCUT2D eigenvalue weighted by molar-refractivity contribution is 7.98. The van der Waals surface area contributed by atoms with Gasteiger partial charge in [0.25, 0.3) is 0 Å². The van der Waals surface area contributed by atoms with E-state index in [0.717, 1.165) is 57.1 Å². The average molecular weight is 542 g/mol. The van der Waals surface area contributed by atoms with Gasteiger partial charge in [0.15, 0.2) is 10.3 Å². The molecule has 0 fully saturated rings. The van der Waals surface area contributed by atoms with Gasteiger partial charge >= 0.3 is 0 Å². The molecule has 0 radical (unpaired) electrons. The average Bonchev–Trinajstić information content (AvgIpc) is 3.45. The number of hydrogen-bond donors (Lipinski definition) is 2. The second-order valence-electron chi connectivity index (χ2n) is 7.04. The summed E-state index contributed by atoms with van der Waals surface area (Å²) in [6.45, 7) is 0. The van der Waals surface area contributed by atoms with E-state index in [2.05, 4.69) is 19.9 Å². The Kier molecular flexibility index (Phi) is 10.3. The number of thioether (sulfide) groups is 2. The lowest BCUT2D eigenvalue weighted by atomic mass is 10.1. The van der Waals surface area contributed by atoms with Crippen LogP contribution in [0.1, 0.15) is 11.4 Å². The van der Waals surface area contributed by atoms with Crippen molar-refractivity contribution >= 4 is 46.7 Å². The molecule has 2 N–H and O–H groups in total. The molecule has 0 saturated carbocycles. The van der Waals surface area contributed by atoms with Gasteiger partial charge in [-0.25, -0.2) is 18.7 Å². The Morgan fingerprint density at radius 3 is 1.32 bits per heavy atom. The number of aromatic nitrogens is 4. The zero-order valence-electron chi connectivity index (χ0n) is 18.7. The summed E-state index contributed by atoms with van der Waals surface area (Å²) in [5.41, 5.74) is 5.52. The second kappa shape index (κ2) is 13.2. The highest BCUT2D eigenvalue weighted by atomic mass is 35.5. The molecule has 0 bridgehead atoms. The molecule has 4 nitrogen and oxygen atoms in total. The van der Waals surface area contributed by atoms with Crippen LogP contribution in [0.2, 0.25) is 0 Å². The van der Waals surface area contributed by atoms with Gasteiger partial charge in [0.05, 0.1) is 11.4 Å². The number of alkyl halides is 2. The Bertz CT molecular complexity index is 1090. The van der Waals surface area contributed by atoms with E-state index in [0.29, 0.717) is 11.8 Å². The van der Waals surface area contributed by atoms with Crippen molar-refractivity contribution in [2.75, 3.05) is 24.3 Å². The van der Waals surface area contributed by atoms with Gasteiger partial charge in [0.2, 0.25) is 0 Å². The maximum Gasteiger partial charge on any atom is 0.165 e. The van der Waals surface area contributed by atoms with Crippen molar-refractivity contribution in [1.82, 2.24) is 19.9 Å². The first-order chi connectivity index (χ1) is 16.5. The molecule has 4 aromatic rings. The Labute approximate surface area is 216 Å². The maximum absolute atomic E-state index is 12.9. The Morgan fingerprint density at radius 2 is 1.03 bits per heavy atom. The standard InChI is InChI=1S/2C12H12ClFN2S/c2*1-17-12-15-10(6-7-13)11(16-12)8-2-4-9(14)5-3-8/h2*2-5H,6-7H2,1H3,(H,15,16). The van der Waals surface area contributed by atoms with Crippen LogP contribution < -0.4 is 0 Å². The van der Waals surface area contributed by atoms with Crippen molar-refractivity contribution in [3.05, 3.63) is 71.6 Å². The number of H-pyrrole nitrogens is 2. The molecule has 0 atom stereocenters. The number of nitrogens with one attached hydrogen (secondary N) is 2. The summed E-state index contributed by atoms with van der Waals surface area (Å²) in [5.74, 6) is 0.579. The topological polar surface area (TPSA) is 57.4 Å². The smallest absolute Gasteiger partial charge is 0.165 e. The zero-order chi connectivity index (χ0) is 24.5. The molecule has 0 aliphatic carbocycles. The summed E-state index contributed by atoms with van der Waals surface area (Å²) in [7, 11) is 0. The molecule has 0 aliphatic heterocycles. The lowest BCUT2D eigenvalue weighted by Gasteiger charge is -2.00. The van der Waals surface area contributed by atoms with Crippen LogP contribution in [0.25, 0.3) is 22.5 Å². The first-order valence-electron chi connectivity index (χ1n) is 10.4. The zero-order valence-corrected chi connectivity index (χ0v) is 21.8. The first kappa shape index (κ1) is 26.6. The van der Waals surface area contributed by atoms with Gasteiger partial charge in [-0.3, -0.25) is 0 Å². The quantitative estimate of drug-likeness (QED) is 0.180. The largest absolute Gasteiger partial charge is 0.336 e. The molecule has 2 aromatic carbocycles. The maximum atomic E-state index is 12.9. The summed E-state index contributed by atoms with van der Waals surface area (Å²) in [6, 6.07) is 12.7. The van der Waals surface area contributed by atoms with Gasteiger partial charge in [0.1, 0.15) is 11.6 Å². The Balaban J connectivity index is 0.000000191. The molecule has 0 aliphatic rings. The first-order valence-corrected chi connectivity index (χ1v) is 13.9. The highest BCUT2D eigenvalue weighted by Crippen LogP contribution is 2.26. The van der Waals surface area contributed by atoms with Crippen molar-refractivity contribution in [2.45, 2.75) is 23.2 Å². The summed E-state index contributed by atoms with van der Waals surface area (Å²) >= 11 is 14.6. The number of benzene rings is 2. The molecule has 0 spiro atoms. The third-order valence-electron chi connectivity index (χ3n) is 4.83. The molecule has 2 aromatic heterocycles. The lowest BCUT2D eigenvalue weighted by Crippen LogP contribution is -1.90. The van der Waals surface area contributed by atoms with Crippen molar-refractivity contribution in [3.8, 4) is 22.5 Å². The number of aromatic amines is 2. The molecule has 2 heterocycles. The normalized spacial score (nSPS) is 10.8. The van der Waals surface area contributed by atoms with Gasteiger partial charge in [-0.1, -0.05) is 23.5 Å². The van der Waals surface area contributed by atoms with E-state index in [4.69, 9.17) is 23.2 Å². The molecular weight excluding hydrogens is 517 g/mol. The summed E-state index contributed by atoms with van der Waals surface area (Å²) < 4.78 is 25.7. The molecule has 0 saturated heterocycles. The van der Waals surface area contributed by atoms with Gasteiger partial charge < -0.3 is 9.97 Å². The van der Waals surface area contributed by atoms with Gasteiger partial charge in [-0.05, 0) is 61.0 Å². The fourth-order valence-corrected chi connectivity index (χ4v) is 4.40. The Hall–Kier alpha value is -2.00. The predicted octanol–water partition coefficient (Wildman–Crippen LogP) is 7.44. The van der Waals surface area contributed by atoms with Crippen LogP contribution in [0.15, 0.2) is 58.8 Å². The van der Waals surface area contributed by atoms with Crippen molar-refractivity contribution in [1.29, 1.82) is 0 Å². The molecule has 180 valence electrons. The molecule has 0 amide bonds. The predicted molar refractivity (Wildman–Crippen MR) is 140 cm³/mol. The number of imidazole rings is 2. The van der Waals surface area contributed by atoms with Gasteiger partial charge in [-0.2, -0.15) is 0 Å². The number of nitrogens with zero attached hydrogens (tertiary/aromatic N) is 2. The molecule has 0 unspecified atom stereocenters. The van der Waals surface area contributed by atoms with E-state index >= 15 is 0 Å². The summed E-state index contributed by atoms with van der Waals surface area (Å²) in [4.78, 5) is 15.4. The van der Waals surface area contributed by atoms with E-state index in [1.54, 1.807) is 47.8 Å². The third-order valence-corrected chi connectivity index (χ3v) is 6.36. The van der Waals surface area contributed by atoms with Crippen LogP contribution in [-0.2, 0) is 12.8 Å². The molecule has 4 rings (SSSR count). The van der Waals surface area contributed by atoms with Crippen LogP contribution in [0.3, 0.4) is 0 Å². The van der Waals surface area contributed by atoms with Crippen molar-refractivity contribution in [3.63, 3.8) is 0 Å². The van der Waals surface area contributed by atoms with Crippen LogP contribution in [0.4, 0.5) is 8.78 Å². The van der Waals surface area contributed by atoms with E-state index in [1.807, 2.05) is 12.5 Å². The van der Waals surface area contributed by atoms with Crippen LogP contribution >= 0.6 is 46.7 Å². The monoisotopic (exact) mass is 540 g/mol. The Morgan fingerprint density at radius 1 is 0.676 bits per heavy atom. The van der Waals surface area contributed by atoms with E-state index in [9.17, 15) is 8.78 Å².